The van der Waals surface area contributed by atoms with Gasteiger partial charge < -0.3 is 5.32 Å². The number of rotatable bonds is 5. The topological polar surface area (TPSA) is 99.3 Å². The van der Waals surface area contributed by atoms with E-state index < -0.39 is 11.8 Å². The van der Waals surface area contributed by atoms with Crippen molar-refractivity contribution in [3.8, 4) is 0 Å². The summed E-state index contributed by atoms with van der Waals surface area (Å²) in [4.78, 5) is 36.5. The van der Waals surface area contributed by atoms with Crippen LogP contribution < -0.4 is 21.5 Å². The van der Waals surface area contributed by atoms with Crippen molar-refractivity contribution >= 4 is 46.8 Å². The van der Waals surface area contributed by atoms with Crippen LogP contribution in [0.2, 0.25) is 0 Å². The van der Waals surface area contributed by atoms with Crippen molar-refractivity contribution in [2.75, 3.05) is 5.32 Å². The van der Waals surface area contributed by atoms with Gasteiger partial charge in [-0.15, -0.1) is 0 Å². The van der Waals surface area contributed by atoms with E-state index in [-0.39, 0.29) is 22.8 Å². The first-order valence-corrected chi connectivity index (χ1v) is 11.1. The summed E-state index contributed by atoms with van der Waals surface area (Å²) in [6.07, 6.45) is 7.91. The van der Waals surface area contributed by atoms with Crippen LogP contribution in [0.5, 0.6) is 0 Å². The first-order chi connectivity index (χ1) is 15.9. The van der Waals surface area contributed by atoms with Crippen LogP contribution >= 0.6 is 12.2 Å². The summed E-state index contributed by atoms with van der Waals surface area (Å²) in [5.41, 5.74) is 6.48. The number of thiocarbonyl (C=S) groups is 1. The summed E-state index contributed by atoms with van der Waals surface area (Å²) in [5.74, 6) is -1.27. The van der Waals surface area contributed by atoms with Gasteiger partial charge in [-0.1, -0.05) is 31.4 Å². The molecule has 2 aromatic rings. The third kappa shape index (κ3) is 7.80. The Morgan fingerprint density at radius 1 is 0.909 bits per heavy atom. The minimum absolute atomic E-state index is 0.0168. The molecule has 1 saturated carbocycles. The summed E-state index contributed by atoms with van der Waals surface area (Å²) in [7, 11) is 0. The number of halogens is 1. The number of hydrogen-bond acceptors (Lipinski definition) is 4. The lowest BCUT2D eigenvalue weighted by molar-refractivity contribution is -0.120. The van der Waals surface area contributed by atoms with Gasteiger partial charge in [-0.3, -0.25) is 30.6 Å². The number of benzene rings is 2. The third-order valence-electron chi connectivity index (χ3n) is 5.21. The summed E-state index contributed by atoms with van der Waals surface area (Å²) in [6, 6.07) is 12.1. The van der Waals surface area contributed by atoms with Crippen molar-refractivity contribution in [1.82, 2.24) is 16.2 Å². The van der Waals surface area contributed by atoms with Crippen molar-refractivity contribution in [2.24, 2.45) is 5.92 Å². The first-order valence-electron chi connectivity index (χ1n) is 10.7. The molecule has 0 bridgehead atoms. The quantitative estimate of drug-likeness (QED) is 0.305. The molecule has 2 aromatic carbocycles. The Bertz CT molecular complexity index is 1030. The van der Waals surface area contributed by atoms with Crippen molar-refractivity contribution in [1.29, 1.82) is 0 Å². The van der Waals surface area contributed by atoms with Gasteiger partial charge in [0, 0.05) is 23.2 Å². The standard InChI is InChI=1S/C24H25FN4O3S/c25-19-11-6-16(7-12-19)8-15-21(30)27-24(33)29-28-23(32)18-9-13-20(14-10-18)26-22(31)17-4-2-1-3-5-17/h6-15,17H,1-5H2,(H,26,31)(H,28,32)(H2,27,29,30,33). The molecule has 0 aliphatic heterocycles. The molecule has 1 aliphatic carbocycles. The monoisotopic (exact) mass is 468 g/mol. The average Bonchev–Trinajstić information content (AvgIpc) is 2.83. The number of amides is 3. The van der Waals surface area contributed by atoms with Gasteiger partial charge in [0.05, 0.1) is 0 Å². The molecular weight excluding hydrogens is 443 g/mol. The number of carbonyl (C=O) groups excluding carboxylic acids is 3. The molecule has 0 radical (unpaired) electrons. The Labute approximate surface area is 196 Å². The molecule has 0 atom stereocenters. The van der Waals surface area contributed by atoms with E-state index in [1.807, 2.05) is 0 Å². The zero-order valence-electron chi connectivity index (χ0n) is 17.9. The Hall–Kier alpha value is -3.59. The molecule has 0 heterocycles. The lowest BCUT2D eigenvalue weighted by Crippen LogP contribution is -2.48. The van der Waals surface area contributed by atoms with Crippen LogP contribution in [-0.4, -0.2) is 22.8 Å². The van der Waals surface area contributed by atoms with E-state index >= 15 is 0 Å². The maximum Gasteiger partial charge on any atom is 0.269 e. The summed E-state index contributed by atoms with van der Waals surface area (Å²) < 4.78 is 12.9. The molecule has 0 unspecified atom stereocenters. The van der Waals surface area contributed by atoms with Crippen LogP contribution in [0, 0.1) is 11.7 Å². The van der Waals surface area contributed by atoms with Crippen LogP contribution in [0.4, 0.5) is 10.1 Å². The van der Waals surface area contributed by atoms with Gasteiger partial charge in [-0.25, -0.2) is 4.39 Å². The van der Waals surface area contributed by atoms with E-state index in [0.29, 0.717) is 16.8 Å². The Morgan fingerprint density at radius 2 is 1.58 bits per heavy atom. The predicted octanol–water partition coefficient (Wildman–Crippen LogP) is 3.69. The largest absolute Gasteiger partial charge is 0.326 e. The fourth-order valence-electron chi connectivity index (χ4n) is 3.43. The van der Waals surface area contributed by atoms with Gasteiger partial charge in [0.1, 0.15) is 5.82 Å². The van der Waals surface area contributed by atoms with Crippen LogP contribution in [0.3, 0.4) is 0 Å². The summed E-state index contributed by atoms with van der Waals surface area (Å²) >= 11 is 4.99. The fourth-order valence-corrected chi connectivity index (χ4v) is 3.58. The van der Waals surface area contributed by atoms with Crippen LogP contribution in [0.25, 0.3) is 6.08 Å². The van der Waals surface area contributed by atoms with Crippen molar-refractivity contribution in [3.63, 3.8) is 0 Å². The summed E-state index contributed by atoms with van der Waals surface area (Å²) in [6.45, 7) is 0. The van der Waals surface area contributed by atoms with E-state index in [0.717, 1.165) is 25.7 Å². The molecule has 4 N–H and O–H groups in total. The molecule has 0 spiro atoms. The fraction of sp³-hybridized carbons (Fsp3) is 0.250. The molecule has 9 heteroatoms. The second-order valence-electron chi connectivity index (χ2n) is 7.68. The zero-order chi connectivity index (χ0) is 23.6. The molecule has 3 amide bonds. The minimum Gasteiger partial charge on any atom is -0.326 e. The second kappa shape index (κ2) is 11.9. The highest BCUT2D eigenvalue weighted by Gasteiger charge is 2.21. The van der Waals surface area contributed by atoms with Crippen molar-refractivity contribution in [2.45, 2.75) is 32.1 Å². The Balaban J connectivity index is 1.42. The maximum absolute atomic E-state index is 12.9. The number of nitrogens with one attached hydrogen (secondary N) is 4. The molecule has 1 aliphatic rings. The van der Waals surface area contributed by atoms with E-state index in [4.69, 9.17) is 12.2 Å². The molecule has 1 fully saturated rings. The number of hydrogen-bond donors (Lipinski definition) is 4. The SMILES string of the molecule is O=C(C=Cc1ccc(F)cc1)NC(=S)NNC(=O)c1ccc(NC(=O)C2CCCCC2)cc1. The zero-order valence-corrected chi connectivity index (χ0v) is 18.7. The van der Waals surface area contributed by atoms with E-state index in [2.05, 4.69) is 21.5 Å². The molecule has 33 heavy (non-hydrogen) atoms. The molecular formula is C24H25FN4O3S. The van der Waals surface area contributed by atoms with Crippen LogP contribution in [0.15, 0.2) is 54.6 Å². The molecule has 7 nitrogen and oxygen atoms in total. The Kier molecular flexibility index (Phi) is 8.65. The van der Waals surface area contributed by atoms with Crippen LogP contribution in [-0.2, 0) is 9.59 Å². The normalized spacial score (nSPS) is 13.8. The highest BCUT2D eigenvalue weighted by molar-refractivity contribution is 7.80. The van der Waals surface area contributed by atoms with Gasteiger partial charge >= 0.3 is 0 Å². The number of anilines is 1. The second-order valence-corrected chi connectivity index (χ2v) is 8.09. The van der Waals surface area contributed by atoms with E-state index in [1.165, 1.54) is 42.8 Å². The third-order valence-corrected chi connectivity index (χ3v) is 5.42. The lowest BCUT2D eigenvalue weighted by atomic mass is 9.88. The van der Waals surface area contributed by atoms with Crippen LogP contribution in [0.1, 0.15) is 48.0 Å². The van der Waals surface area contributed by atoms with E-state index in [9.17, 15) is 18.8 Å². The average molecular weight is 469 g/mol. The Morgan fingerprint density at radius 3 is 2.24 bits per heavy atom. The van der Waals surface area contributed by atoms with Gasteiger partial charge in [0.15, 0.2) is 5.11 Å². The summed E-state index contributed by atoms with van der Waals surface area (Å²) in [5, 5.41) is 5.20. The van der Waals surface area contributed by atoms with Gasteiger partial charge in [-0.2, -0.15) is 0 Å². The van der Waals surface area contributed by atoms with Crippen molar-refractivity contribution < 1.29 is 18.8 Å². The molecule has 0 aromatic heterocycles. The van der Waals surface area contributed by atoms with Gasteiger partial charge in [0.2, 0.25) is 11.8 Å². The van der Waals surface area contributed by atoms with Gasteiger partial charge in [-0.05, 0) is 73.1 Å². The minimum atomic E-state index is -0.510. The molecule has 0 saturated heterocycles. The maximum atomic E-state index is 12.9. The number of carbonyl (C=O) groups is 3. The highest BCUT2D eigenvalue weighted by Crippen LogP contribution is 2.25. The first kappa shape index (κ1) is 24.1. The van der Waals surface area contributed by atoms with Crippen molar-refractivity contribution in [3.05, 3.63) is 71.6 Å². The molecule has 172 valence electrons. The molecule has 3 rings (SSSR count). The van der Waals surface area contributed by atoms with Gasteiger partial charge in [0.25, 0.3) is 5.91 Å². The lowest BCUT2D eigenvalue weighted by Gasteiger charge is -2.20. The number of hydrazine groups is 1. The van der Waals surface area contributed by atoms with E-state index in [1.54, 1.807) is 24.3 Å². The highest BCUT2D eigenvalue weighted by atomic mass is 32.1. The predicted molar refractivity (Wildman–Crippen MR) is 128 cm³/mol. The smallest absolute Gasteiger partial charge is 0.269 e.